The van der Waals surface area contributed by atoms with Gasteiger partial charge in [-0.15, -0.1) is 0 Å². The van der Waals surface area contributed by atoms with Gasteiger partial charge in [-0.25, -0.2) is 0 Å². The molecule has 0 bridgehead atoms. The Labute approximate surface area is 76.3 Å². The summed E-state index contributed by atoms with van der Waals surface area (Å²) in [7, 11) is 0. The van der Waals surface area contributed by atoms with Crippen molar-refractivity contribution in [1.29, 1.82) is 0 Å². The number of carbonyl (C=O) groups excluding carboxylic acids is 1. The van der Waals surface area contributed by atoms with E-state index >= 15 is 0 Å². The minimum Gasteiger partial charge on any atom is -0.339 e. The molecular formula is C9H12N2O2. The van der Waals surface area contributed by atoms with Gasteiger partial charge >= 0.3 is 0 Å². The Kier molecular flexibility index (Phi) is 2.38. The van der Waals surface area contributed by atoms with Crippen LogP contribution in [-0.2, 0) is 11.2 Å². The third kappa shape index (κ3) is 1.76. The van der Waals surface area contributed by atoms with E-state index in [2.05, 4.69) is 10.1 Å². The van der Waals surface area contributed by atoms with Crippen LogP contribution in [0.25, 0.3) is 0 Å². The van der Waals surface area contributed by atoms with E-state index in [9.17, 15) is 4.79 Å². The van der Waals surface area contributed by atoms with Gasteiger partial charge in [0.1, 0.15) is 6.29 Å². The van der Waals surface area contributed by atoms with E-state index in [1.165, 1.54) is 12.8 Å². The first-order valence-corrected chi connectivity index (χ1v) is 4.66. The lowest BCUT2D eigenvalue weighted by atomic mass is 10.1. The Morgan fingerprint density at radius 3 is 2.92 bits per heavy atom. The van der Waals surface area contributed by atoms with Crippen molar-refractivity contribution in [3.63, 3.8) is 0 Å². The number of rotatable bonds is 3. The van der Waals surface area contributed by atoms with Crippen LogP contribution < -0.4 is 0 Å². The molecule has 1 aliphatic carbocycles. The Bertz CT molecular complexity index is 290. The molecule has 0 aliphatic heterocycles. The largest absolute Gasteiger partial charge is 0.339 e. The fraction of sp³-hybridized carbons (Fsp3) is 0.667. The molecule has 70 valence electrons. The van der Waals surface area contributed by atoms with E-state index in [4.69, 9.17) is 4.52 Å². The predicted molar refractivity (Wildman–Crippen MR) is 45.3 cm³/mol. The fourth-order valence-electron chi connectivity index (χ4n) is 1.77. The molecule has 1 heterocycles. The molecule has 1 aliphatic rings. The van der Waals surface area contributed by atoms with Crippen LogP contribution in [0, 0.1) is 0 Å². The molecule has 4 heteroatoms. The van der Waals surface area contributed by atoms with Crippen LogP contribution in [0.3, 0.4) is 0 Å². The zero-order chi connectivity index (χ0) is 9.10. The van der Waals surface area contributed by atoms with Crippen molar-refractivity contribution in [2.24, 2.45) is 0 Å². The molecule has 0 unspecified atom stereocenters. The molecule has 1 fully saturated rings. The number of aldehydes is 1. The lowest BCUT2D eigenvalue weighted by molar-refractivity contribution is -0.107. The van der Waals surface area contributed by atoms with Crippen LogP contribution in [0.1, 0.15) is 43.3 Å². The smallest absolute Gasteiger partial charge is 0.233 e. The van der Waals surface area contributed by atoms with Gasteiger partial charge < -0.3 is 9.32 Å². The summed E-state index contributed by atoms with van der Waals surface area (Å²) in [6, 6.07) is 0. The van der Waals surface area contributed by atoms with Crippen molar-refractivity contribution in [3.05, 3.63) is 11.7 Å². The molecule has 0 spiro atoms. The number of hydrogen-bond donors (Lipinski definition) is 0. The summed E-state index contributed by atoms with van der Waals surface area (Å²) in [5.41, 5.74) is 0. The van der Waals surface area contributed by atoms with Crippen LogP contribution in [0.15, 0.2) is 4.52 Å². The highest BCUT2D eigenvalue weighted by molar-refractivity contribution is 5.52. The van der Waals surface area contributed by atoms with Crippen LogP contribution in [0.2, 0.25) is 0 Å². The van der Waals surface area contributed by atoms with E-state index in [1.807, 2.05) is 0 Å². The Balaban J connectivity index is 2.07. The molecule has 1 aromatic heterocycles. The number of nitrogens with zero attached hydrogens (tertiary/aromatic N) is 2. The predicted octanol–water partition coefficient (Wildman–Crippen LogP) is 1.47. The summed E-state index contributed by atoms with van der Waals surface area (Å²) in [6.45, 7) is 0. The van der Waals surface area contributed by atoms with Crippen LogP contribution in [0.5, 0.6) is 0 Å². The summed E-state index contributed by atoms with van der Waals surface area (Å²) in [5, 5.41) is 3.87. The normalized spacial score (nSPS) is 17.8. The molecule has 0 amide bonds. The molecule has 0 aromatic carbocycles. The highest BCUT2D eigenvalue weighted by atomic mass is 16.5. The molecule has 0 radical (unpaired) electrons. The molecule has 1 aromatic rings. The Morgan fingerprint density at radius 1 is 1.46 bits per heavy atom. The molecule has 4 nitrogen and oxygen atoms in total. The van der Waals surface area contributed by atoms with E-state index in [1.54, 1.807) is 0 Å². The van der Waals surface area contributed by atoms with E-state index in [-0.39, 0.29) is 6.42 Å². The average Bonchev–Trinajstić information content (AvgIpc) is 2.70. The first-order chi connectivity index (χ1) is 6.40. The maximum Gasteiger partial charge on any atom is 0.233 e. The summed E-state index contributed by atoms with van der Waals surface area (Å²) >= 11 is 0. The molecule has 0 saturated heterocycles. The Morgan fingerprint density at radius 2 is 2.23 bits per heavy atom. The van der Waals surface area contributed by atoms with Crippen molar-refractivity contribution in [2.75, 3.05) is 0 Å². The SMILES string of the molecule is O=CCc1nc(C2CCCC2)no1. The number of hydrogen-bond acceptors (Lipinski definition) is 4. The highest BCUT2D eigenvalue weighted by Crippen LogP contribution is 2.32. The zero-order valence-corrected chi connectivity index (χ0v) is 7.40. The van der Waals surface area contributed by atoms with Crippen molar-refractivity contribution < 1.29 is 9.32 Å². The van der Waals surface area contributed by atoms with E-state index < -0.39 is 0 Å². The quantitative estimate of drug-likeness (QED) is 0.661. The van der Waals surface area contributed by atoms with Gasteiger partial charge in [0.2, 0.25) is 5.89 Å². The van der Waals surface area contributed by atoms with Gasteiger partial charge in [0, 0.05) is 5.92 Å². The van der Waals surface area contributed by atoms with Crippen molar-refractivity contribution in [2.45, 2.75) is 38.0 Å². The van der Waals surface area contributed by atoms with Gasteiger partial charge in [0.05, 0.1) is 6.42 Å². The number of aromatic nitrogens is 2. The zero-order valence-electron chi connectivity index (χ0n) is 7.40. The molecule has 0 N–H and O–H groups in total. The van der Waals surface area contributed by atoms with Gasteiger partial charge in [-0.05, 0) is 12.8 Å². The van der Waals surface area contributed by atoms with Gasteiger partial charge in [-0.2, -0.15) is 4.98 Å². The van der Waals surface area contributed by atoms with Crippen molar-refractivity contribution in [3.8, 4) is 0 Å². The topological polar surface area (TPSA) is 56.0 Å². The van der Waals surface area contributed by atoms with Crippen LogP contribution >= 0.6 is 0 Å². The monoisotopic (exact) mass is 180 g/mol. The summed E-state index contributed by atoms with van der Waals surface area (Å²) in [5.74, 6) is 1.69. The van der Waals surface area contributed by atoms with Gasteiger partial charge in [-0.3, -0.25) is 0 Å². The second-order valence-corrected chi connectivity index (χ2v) is 3.40. The van der Waals surface area contributed by atoms with Crippen LogP contribution in [-0.4, -0.2) is 16.4 Å². The van der Waals surface area contributed by atoms with E-state index in [0.717, 1.165) is 25.0 Å². The maximum atomic E-state index is 10.2. The minimum absolute atomic E-state index is 0.236. The average molecular weight is 180 g/mol. The van der Waals surface area contributed by atoms with Crippen molar-refractivity contribution in [1.82, 2.24) is 10.1 Å². The second-order valence-electron chi connectivity index (χ2n) is 3.40. The molecule has 2 rings (SSSR count). The minimum atomic E-state index is 0.236. The molecule has 1 saturated carbocycles. The van der Waals surface area contributed by atoms with Crippen molar-refractivity contribution >= 4 is 6.29 Å². The maximum absolute atomic E-state index is 10.2. The second kappa shape index (κ2) is 3.68. The van der Waals surface area contributed by atoms with Gasteiger partial charge in [0.15, 0.2) is 5.82 Å². The molecule has 13 heavy (non-hydrogen) atoms. The lowest BCUT2D eigenvalue weighted by Crippen LogP contribution is -1.95. The van der Waals surface area contributed by atoms with Crippen LogP contribution in [0.4, 0.5) is 0 Å². The molecule has 0 atom stereocenters. The third-order valence-corrected chi connectivity index (χ3v) is 2.46. The fourth-order valence-corrected chi connectivity index (χ4v) is 1.77. The number of carbonyl (C=O) groups is 1. The summed E-state index contributed by atoms with van der Waals surface area (Å²) < 4.78 is 4.93. The first-order valence-electron chi connectivity index (χ1n) is 4.66. The third-order valence-electron chi connectivity index (χ3n) is 2.46. The standard InChI is InChI=1S/C9H12N2O2/c12-6-5-8-10-9(11-13-8)7-3-1-2-4-7/h6-7H,1-5H2. The first kappa shape index (κ1) is 8.41. The van der Waals surface area contributed by atoms with Gasteiger partial charge in [0.25, 0.3) is 0 Å². The Hall–Kier alpha value is -1.19. The van der Waals surface area contributed by atoms with Gasteiger partial charge in [-0.1, -0.05) is 18.0 Å². The molecular weight excluding hydrogens is 168 g/mol. The summed E-state index contributed by atoms with van der Waals surface area (Å²) in [6.07, 6.45) is 5.83. The van der Waals surface area contributed by atoms with E-state index in [0.29, 0.717) is 11.8 Å². The highest BCUT2D eigenvalue weighted by Gasteiger charge is 2.21. The summed E-state index contributed by atoms with van der Waals surface area (Å²) in [4.78, 5) is 14.3. The lowest BCUT2D eigenvalue weighted by Gasteiger charge is -1.99.